The Kier molecular flexibility index (Phi) is 4.30. The molecule has 7 nitrogen and oxygen atoms in total. The minimum atomic E-state index is -0.436. The van der Waals surface area contributed by atoms with Crippen molar-refractivity contribution >= 4 is 17.5 Å². The predicted octanol–water partition coefficient (Wildman–Crippen LogP) is 3.32. The Hall–Kier alpha value is -3.48. The summed E-state index contributed by atoms with van der Waals surface area (Å²) in [7, 11) is 1.73. The number of benzene rings is 1. The summed E-state index contributed by atoms with van der Waals surface area (Å²) >= 11 is 0. The number of ketones is 1. The largest absolute Gasteiger partial charge is 0.317 e. The van der Waals surface area contributed by atoms with Gasteiger partial charge in [-0.1, -0.05) is 0 Å². The average Bonchev–Trinajstić information content (AvgIpc) is 3.18. The molecule has 0 spiro atoms. The number of hydrogen-bond donors (Lipinski definition) is 0. The summed E-state index contributed by atoms with van der Waals surface area (Å²) in [6.45, 7) is 1.83. The van der Waals surface area contributed by atoms with E-state index in [0.29, 0.717) is 5.69 Å². The van der Waals surface area contributed by atoms with Crippen molar-refractivity contribution in [1.29, 1.82) is 0 Å². The van der Waals surface area contributed by atoms with E-state index in [-0.39, 0.29) is 11.5 Å². The molecular weight excluding hydrogens is 320 g/mol. The number of nitro groups is 1. The molecule has 0 aliphatic heterocycles. The molecule has 0 atom stereocenters. The van der Waals surface area contributed by atoms with Crippen LogP contribution in [0.25, 0.3) is 11.8 Å². The molecule has 0 saturated heterocycles. The first-order valence-corrected chi connectivity index (χ1v) is 7.61. The standard InChI is InChI=1S/C18H16N4O3/c1-13-12-17(20(2)19-13)18(23)10-9-14-4-3-11-21(14)15-5-7-16(8-6-15)22(24)25/h3-12H,1-2H3/b10-9+. The molecule has 0 amide bonds. The van der Waals surface area contributed by atoms with Crippen LogP contribution in [-0.2, 0) is 7.05 Å². The van der Waals surface area contributed by atoms with E-state index in [2.05, 4.69) is 5.10 Å². The van der Waals surface area contributed by atoms with Crippen molar-refractivity contribution in [3.63, 3.8) is 0 Å². The van der Waals surface area contributed by atoms with Crippen molar-refractivity contribution in [1.82, 2.24) is 14.3 Å². The second-order valence-corrected chi connectivity index (χ2v) is 5.57. The van der Waals surface area contributed by atoms with Crippen LogP contribution in [0.1, 0.15) is 21.9 Å². The number of nitrogens with zero attached hydrogens (tertiary/aromatic N) is 4. The Morgan fingerprint density at radius 1 is 1.24 bits per heavy atom. The second-order valence-electron chi connectivity index (χ2n) is 5.57. The zero-order valence-corrected chi connectivity index (χ0v) is 13.8. The monoisotopic (exact) mass is 336 g/mol. The highest BCUT2D eigenvalue weighted by atomic mass is 16.6. The summed E-state index contributed by atoms with van der Waals surface area (Å²) in [6.07, 6.45) is 5.04. The van der Waals surface area contributed by atoms with Gasteiger partial charge in [0.1, 0.15) is 5.69 Å². The number of rotatable bonds is 5. The van der Waals surface area contributed by atoms with E-state index in [9.17, 15) is 14.9 Å². The molecule has 25 heavy (non-hydrogen) atoms. The van der Waals surface area contributed by atoms with E-state index in [1.807, 2.05) is 29.8 Å². The number of carbonyl (C=O) groups is 1. The molecule has 0 fully saturated rings. The van der Waals surface area contributed by atoms with Crippen LogP contribution in [0.5, 0.6) is 0 Å². The van der Waals surface area contributed by atoms with Gasteiger partial charge in [0.2, 0.25) is 5.78 Å². The van der Waals surface area contributed by atoms with Gasteiger partial charge in [-0.3, -0.25) is 19.6 Å². The average molecular weight is 336 g/mol. The fourth-order valence-electron chi connectivity index (χ4n) is 2.59. The maximum atomic E-state index is 12.3. The smallest absolute Gasteiger partial charge is 0.269 e. The van der Waals surface area contributed by atoms with Gasteiger partial charge in [0, 0.05) is 36.8 Å². The normalized spacial score (nSPS) is 11.1. The van der Waals surface area contributed by atoms with Crippen molar-refractivity contribution in [2.24, 2.45) is 7.05 Å². The number of allylic oxidation sites excluding steroid dienone is 1. The van der Waals surface area contributed by atoms with Crippen molar-refractivity contribution in [3.8, 4) is 5.69 Å². The van der Waals surface area contributed by atoms with Crippen molar-refractivity contribution in [2.75, 3.05) is 0 Å². The van der Waals surface area contributed by atoms with Gasteiger partial charge in [-0.15, -0.1) is 0 Å². The maximum Gasteiger partial charge on any atom is 0.269 e. The third-order valence-electron chi connectivity index (χ3n) is 3.78. The molecule has 0 unspecified atom stereocenters. The van der Waals surface area contributed by atoms with E-state index in [0.717, 1.165) is 17.1 Å². The molecule has 1 aromatic carbocycles. The lowest BCUT2D eigenvalue weighted by Crippen LogP contribution is -2.04. The molecule has 3 rings (SSSR count). The zero-order chi connectivity index (χ0) is 18.0. The molecule has 0 aliphatic rings. The van der Waals surface area contributed by atoms with Crippen LogP contribution < -0.4 is 0 Å². The number of hydrogen-bond acceptors (Lipinski definition) is 4. The summed E-state index contributed by atoms with van der Waals surface area (Å²) in [6, 6.07) is 11.7. The summed E-state index contributed by atoms with van der Waals surface area (Å²) in [5.74, 6) is -0.139. The minimum absolute atomic E-state index is 0.0368. The van der Waals surface area contributed by atoms with Gasteiger partial charge in [-0.05, 0) is 49.4 Å². The Balaban J connectivity index is 1.85. The number of aromatic nitrogens is 3. The number of non-ortho nitro benzene ring substituents is 1. The quantitative estimate of drug-likeness (QED) is 0.310. The highest BCUT2D eigenvalue weighted by molar-refractivity contribution is 6.05. The van der Waals surface area contributed by atoms with Crippen LogP contribution in [-0.4, -0.2) is 25.1 Å². The third kappa shape index (κ3) is 3.40. The minimum Gasteiger partial charge on any atom is -0.317 e. The first-order chi connectivity index (χ1) is 12.0. The lowest BCUT2D eigenvalue weighted by Gasteiger charge is -2.06. The molecule has 0 radical (unpaired) electrons. The summed E-state index contributed by atoms with van der Waals surface area (Å²) in [4.78, 5) is 22.6. The number of carbonyl (C=O) groups excluding carboxylic acids is 1. The predicted molar refractivity (Wildman–Crippen MR) is 93.7 cm³/mol. The zero-order valence-electron chi connectivity index (χ0n) is 13.8. The Bertz CT molecular complexity index is 965. The summed E-state index contributed by atoms with van der Waals surface area (Å²) in [5, 5.41) is 14.9. The van der Waals surface area contributed by atoms with E-state index < -0.39 is 4.92 Å². The van der Waals surface area contributed by atoms with Crippen LogP contribution in [0.2, 0.25) is 0 Å². The topological polar surface area (TPSA) is 83.0 Å². The van der Waals surface area contributed by atoms with Gasteiger partial charge in [0.15, 0.2) is 0 Å². The first kappa shape index (κ1) is 16.4. The van der Waals surface area contributed by atoms with E-state index in [1.54, 1.807) is 36.0 Å². The third-order valence-corrected chi connectivity index (χ3v) is 3.78. The number of aryl methyl sites for hydroxylation is 2. The summed E-state index contributed by atoms with van der Waals surface area (Å²) in [5.41, 5.74) is 2.91. The Morgan fingerprint density at radius 3 is 2.56 bits per heavy atom. The molecule has 0 N–H and O–H groups in total. The molecule has 2 aromatic heterocycles. The molecule has 126 valence electrons. The highest BCUT2D eigenvalue weighted by Crippen LogP contribution is 2.18. The van der Waals surface area contributed by atoms with E-state index in [4.69, 9.17) is 0 Å². The van der Waals surface area contributed by atoms with Crippen LogP contribution in [0.15, 0.2) is 54.7 Å². The Morgan fingerprint density at radius 2 is 1.96 bits per heavy atom. The van der Waals surface area contributed by atoms with Crippen LogP contribution in [0.4, 0.5) is 5.69 Å². The van der Waals surface area contributed by atoms with Crippen LogP contribution in [0.3, 0.4) is 0 Å². The van der Waals surface area contributed by atoms with Gasteiger partial charge in [0.05, 0.1) is 10.6 Å². The van der Waals surface area contributed by atoms with E-state index >= 15 is 0 Å². The van der Waals surface area contributed by atoms with Crippen LogP contribution >= 0.6 is 0 Å². The van der Waals surface area contributed by atoms with Gasteiger partial charge < -0.3 is 4.57 Å². The fourth-order valence-corrected chi connectivity index (χ4v) is 2.59. The van der Waals surface area contributed by atoms with Crippen LogP contribution in [0, 0.1) is 17.0 Å². The highest BCUT2D eigenvalue weighted by Gasteiger charge is 2.10. The molecule has 0 saturated carbocycles. The SMILES string of the molecule is Cc1cc(C(=O)/C=C/c2cccn2-c2ccc([N+](=O)[O-])cc2)n(C)n1. The Labute approximate surface area is 144 Å². The van der Waals surface area contributed by atoms with Gasteiger partial charge in [-0.25, -0.2) is 0 Å². The maximum absolute atomic E-state index is 12.3. The van der Waals surface area contributed by atoms with Crippen molar-refractivity contribution < 1.29 is 9.72 Å². The molecule has 0 aliphatic carbocycles. The van der Waals surface area contributed by atoms with Gasteiger partial charge in [-0.2, -0.15) is 5.10 Å². The van der Waals surface area contributed by atoms with Crippen molar-refractivity contribution in [2.45, 2.75) is 6.92 Å². The van der Waals surface area contributed by atoms with E-state index in [1.165, 1.54) is 18.2 Å². The molecule has 0 bridgehead atoms. The van der Waals surface area contributed by atoms with Gasteiger partial charge >= 0.3 is 0 Å². The summed E-state index contributed by atoms with van der Waals surface area (Å²) < 4.78 is 3.40. The van der Waals surface area contributed by atoms with Gasteiger partial charge in [0.25, 0.3) is 5.69 Å². The molecule has 3 aromatic rings. The molecular formula is C18H16N4O3. The lowest BCUT2D eigenvalue weighted by atomic mass is 10.2. The second kappa shape index (κ2) is 6.56. The van der Waals surface area contributed by atoms with Crippen molar-refractivity contribution in [3.05, 3.63) is 81.9 Å². The molecule has 7 heteroatoms. The molecule has 2 heterocycles. The lowest BCUT2D eigenvalue weighted by molar-refractivity contribution is -0.384. The number of nitro benzene ring substituents is 1. The fraction of sp³-hybridized carbons (Fsp3) is 0.111. The first-order valence-electron chi connectivity index (χ1n) is 7.61.